The number of rotatable bonds is 3. The summed E-state index contributed by atoms with van der Waals surface area (Å²) in [5, 5.41) is 3.09. The summed E-state index contributed by atoms with van der Waals surface area (Å²) in [6, 6.07) is 6.82. The normalized spacial score (nSPS) is 22.1. The van der Waals surface area contributed by atoms with Crippen LogP contribution < -0.4 is 5.32 Å². The largest absolute Gasteiger partial charge is 0.465 e. The molecular formula is C16H21NO3. The van der Waals surface area contributed by atoms with Gasteiger partial charge >= 0.3 is 5.97 Å². The van der Waals surface area contributed by atoms with Crippen molar-refractivity contribution >= 4 is 11.9 Å². The Bertz CT molecular complexity index is 481. The van der Waals surface area contributed by atoms with E-state index < -0.39 is 5.97 Å². The van der Waals surface area contributed by atoms with Gasteiger partial charge < -0.3 is 10.1 Å². The van der Waals surface area contributed by atoms with Crippen molar-refractivity contribution in [3.05, 3.63) is 35.4 Å². The number of nitrogens with one attached hydrogen (secondary N) is 1. The lowest BCUT2D eigenvalue weighted by molar-refractivity contribution is 0.0600. The minimum absolute atomic E-state index is 0.0693. The van der Waals surface area contributed by atoms with E-state index in [0.717, 1.165) is 6.42 Å². The van der Waals surface area contributed by atoms with Crippen molar-refractivity contribution < 1.29 is 14.3 Å². The van der Waals surface area contributed by atoms with Gasteiger partial charge in [0.1, 0.15) is 0 Å². The van der Waals surface area contributed by atoms with Gasteiger partial charge in [0.15, 0.2) is 0 Å². The van der Waals surface area contributed by atoms with Crippen LogP contribution in [-0.4, -0.2) is 25.0 Å². The second kappa shape index (κ2) is 6.55. The fourth-order valence-electron chi connectivity index (χ4n) is 2.66. The third-order valence-electron chi connectivity index (χ3n) is 4.00. The van der Waals surface area contributed by atoms with E-state index in [4.69, 9.17) is 0 Å². The first-order chi connectivity index (χ1) is 9.61. The molecule has 1 N–H and O–H groups in total. The van der Waals surface area contributed by atoms with Crippen molar-refractivity contribution in [2.75, 3.05) is 7.11 Å². The van der Waals surface area contributed by atoms with Crippen LogP contribution in [0.1, 0.15) is 53.3 Å². The number of esters is 1. The highest BCUT2D eigenvalue weighted by Gasteiger charge is 2.23. The topological polar surface area (TPSA) is 55.4 Å². The van der Waals surface area contributed by atoms with Gasteiger partial charge in [-0.1, -0.05) is 19.8 Å². The Kier molecular flexibility index (Phi) is 4.77. The number of amides is 1. The van der Waals surface area contributed by atoms with Crippen LogP contribution in [0.15, 0.2) is 24.3 Å². The van der Waals surface area contributed by atoms with Crippen LogP contribution in [-0.2, 0) is 4.74 Å². The summed E-state index contributed by atoms with van der Waals surface area (Å²) < 4.78 is 4.63. The first-order valence-electron chi connectivity index (χ1n) is 7.11. The maximum atomic E-state index is 12.2. The first kappa shape index (κ1) is 14.6. The molecule has 4 nitrogen and oxygen atoms in total. The van der Waals surface area contributed by atoms with Crippen LogP contribution in [0.4, 0.5) is 0 Å². The van der Waals surface area contributed by atoms with Gasteiger partial charge in [-0.05, 0) is 43.0 Å². The molecule has 2 rings (SSSR count). The van der Waals surface area contributed by atoms with E-state index in [1.807, 2.05) is 0 Å². The van der Waals surface area contributed by atoms with Crippen molar-refractivity contribution in [1.29, 1.82) is 0 Å². The van der Waals surface area contributed by atoms with Crippen molar-refractivity contribution in [3.63, 3.8) is 0 Å². The van der Waals surface area contributed by atoms with Crippen LogP contribution in [0.5, 0.6) is 0 Å². The first-order valence-corrected chi connectivity index (χ1v) is 7.11. The summed E-state index contributed by atoms with van der Waals surface area (Å²) in [7, 11) is 1.34. The zero-order chi connectivity index (χ0) is 14.5. The molecule has 2 atom stereocenters. The van der Waals surface area contributed by atoms with Gasteiger partial charge in [-0.3, -0.25) is 4.79 Å². The van der Waals surface area contributed by atoms with Gasteiger partial charge in [0.05, 0.1) is 12.7 Å². The van der Waals surface area contributed by atoms with Crippen molar-refractivity contribution in [2.24, 2.45) is 5.92 Å². The number of methoxy groups -OCH3 is 1. The van der Waals surface area contributed by atoms with Gasteiger partial charge in [-0.2, -0.15) is 0 Å². The average Bonchev–Trinajstić information content (AvgIpc) is 2.49. The summed E-state index contributed by atoms with van der Waals surface area (Å²) in [6.07, 6.45) is 4.65. The molecule has 20 heavy (non-hydrogen) atoms. The van der Waals surface area contributed by atoms with Crippen molar-refractivity contribution in [1.82, 2.24) is 5.32 Å². The third kappa shape index (κ3) is 3.38. The molecular weight excluding hydrogens is 254 g/mol. The second-order valence-corrected chi connectivity index (χ2v) is 5.41. The predicted octanol–water partition coefficient (Wildman–Crippen LogP) is 2.78. The highest BCUT2D eigenvalue weighted by molar-refractivity contribution is 5.96. The SMILES string of the molecule is COC(=O)c1ccc(C(=O)N[C@@H]2CCCC[C@H]2C)cc1. The van der Waals surface area contributed by atoms with Crippen LogP contribution in [0.25, 0.3) is 0 Å². The van der Waals surface area contributed by atoms with E-state index in [9.17, 15) is 9.59 Å². The summed E-state index contributed by atoms with van der Waals surface area (Å²) in [5.41, 5.74) is 1.03. The Balaban J connectivity index is 2.00. The Morgan fingerprint density at radius 2 is 1.70 bits per heavy atom. The van der Waals surface area contributed by atoms with Gasteiger partial charge in [0.2, 0.25) is 0 Å². The van der Waals surface area contributed by atoms with Crippen molar-refractivity contribution in [2.45, 2.75) is 38.6 Å². The molecule has 1 saturated carbocycles. The van der Waals surface area contributed by atoms with E-state index >= 15 is 0 Å². The molecule has 0 aromatic heterocycles. The smallest absolute Gasteiger partial charge is 0.337 e. The minimum Gasteiger partial charge on any atom is -0.465 e. The molecule has 0 aliphatic heterocycles. The lowest BCUT2D eigenvalue weighted by Gasteiger charge is -2.29. The maximum absolute atomic E-state index is 12.2. The van der Waals surface area contributed by atoms with Gasteiger partial charge in [0.25, 0.3) is 5.91 Å². The molecule has 0 heterocycles. The molecule has 1 aliphatic rings. The number of hydrogen-bond acceptors (Lipinski definition) is 3. The average molecular weight is 275 g/mol. The van der Waals surface area contributed by atoms with Gasteiger partial charge in [-0.15, -0.1) is 0 Å². The number of carbonyl (C=O) groups is 2. The van der Waals surface area contributed by atoms with E-state index in [1.54, 1.807) is 24.3 Å². The highest BCUT2D eigenvalue weighted by atomic mass is 16.5. The quantitative estimate of drug-likeness (QED) is 0.863. The van der Waals surface area contributed by atoms with Gasteiger partial charge in [-0.25, -0.2) is 4.79 Å². The summed E-state index contributed by atoms with van der Waals surface area (Å²) in [4.78, 5) is 23.5. The summed E-state index contributed by atoms with van der Waals surface area (Å²) in [5.74, 6) is 0.0695. The number of benzene rings is 1. The van der Waals surface area contributed by atoms with Crippen molar-refractivity contribution in [3.8, 4) is 0 Å². The maximum Gasteiger partial charge on any atom is 0.337 e. The molecule has 1 aromatic carbocycles. The van der Waals surface area contributed by atoms with Gasteiger partial charge in [0, 0.05) is 11.6 Å². The predicted molar refractivity (Wildman–Crippen MR) is 76.7 cm³/mol. The molecule has 108 valence electrons. The molecule has 1 fully saturated rings. The zero-order valence-electron chi connectivity index (χ0n) is 12.0. The van der Waals surface area contributed by atoms with E-state index in [2.05, 4.69) is 17.0 Å². The Labute approximate surface area is 119 Å². The molecule has 0 radical (unpaired) electrons. The second-order valence-electron chi connectivity index (χ2n) is 5.41. The number of carbonyl (C=O) groups excluding carboxylic acids is 2. The number of hydrogen-bond donors (Lipinski definition) is 1. The lowest BCUT2D eigenvalue weighted by Crippen LogP contribution is -2.41. The molecule has 1 aliphatic carbocycles. The Morgan fingerprint density at radius 1 is 1.10 bits per heavy atom. The molecule has 4 heteroatoms. The molecule has 1 aromatic rings. The third-order valence-corrected chi connectivity index (χ3v) is 4.00. The number of ether oxygens (including phenoxy) is 1. The van der Waals surface area contributed by atoms with Crippen LogP contribution >= 0.6 is 0 Å². The van der Waals surface area contributed by atoms with Crippen LogP contribution in [0.2, 0.25) is 0 Å². The van der Waals surface area contributed by atoms with E-state index in [-0.39, 0.29) is 11.9 Å². The lowest BCUT2D eigenvalue weighted by atomic mass is 9.86. The molecule has 0 bridgehead atoms. The Hall–Kier alpha value is -1.84. The summed E-state index contributed by atoms with van der Waals surface area (Å²) in [6.45, 7) is 2.18. The van der Waals surface area contributed by atoms with E-state index in [1.165, 1.54) is 26.4 Å². The van der Waals surface area contributed by atoms with E-state index in [0.29, 0.717) is 17.0 Å². The monoisotopic (exact) mass is 275 g/mol. The zero-order valence-corrected chi connectivity index (χ0v) is 12.0. The Morgan fingerprint density at radius 3 is 2.30 bits per heavy atom. The molecule has 0 spiro atoms. The molecule has 1 amide bonds. The fraction of sp³-hybridized carbons (Fsp3) is 0.500. The molecule has 0 saturated heterocycles. The summed E-state index contributed by atoms with van der Waals surface area (Å²) >= 11 is 0. The minimum atomic E-state index is -0.391. The molecule has 0 unspecified atom stereocenters. The standard InChI is InChI=1S/C16H21NO3/c1-11-5-3-4-6-14(11)17-15(18)12-7-9-13(10-8-12)16(19)20-2/h7-11,14H,3-6H2,1-2H3,(H,17,18)/t11-,14-/m1/s1. The van der Waals surface area contributed by atoms with Crippen LogP contribution in [0, 0.1) is 5.92 Å². The van der Waals surface area contributed by atoms with Crippen LogP contribution in [0.3, 0.4) is 0 Å². The highest BCUT2D eigenvalue weighted by Crippen LogP contribution is 2.24. The fourth-order valence-corrected chi connectivity index (χ4v) is 2.66.